The van der Waals surface area contributed by atoms with Crippen LogP contribution in [0, 0.1) is 27.7 Å². The second-order valence-corrected chi connectivity index (χ2v) is 8.93. The lowest BCUT2D eigenvalue weighted by molar-refractivity contribution is 1.24. The molecule has 0 aliphatic carbocycles. The largest absolute Gasteiger partial charge is 0.355 e. The topological polar surface area (TPSA) is 57.4 Å². The molecule has 0 atom stereocenters. The number of hydrogen-bond donors (Lipinski definition) is 2. The van der Waals surface area contributed by atoms with Gasteiger partial charge in [-0.1, -0.05) is 12.1 Å². The van der Waals surface area contributed by atoms with Crippen LogP contribution in [-0.2, 0) is 0 Å². The molecule has 35 heavy (non-hydrogen) atoms. The van der Waals surface area contributed by atoms with Gasteiger partial charge in [0.15, 0.2) is 0 Å². The molecule has 0 spiro atoms. The quantitative estimate of drug-likeness (QED) is 0.235. The Hall–Kier alpha value is -3.83. The molecular weight excluding hydrogens is 448 g/mol. The molecule has 2 aliphatic rings. The zero-order valence-corrected chi connectivity index (χ0v) is 21.5. The van der Waals surface area contributed by atoms with Gasteiger partial charge in [0.1, 0.15) is 0 Å². The Morgan fingerprint density at radius 3 is 0.943 bits per heavy atom. The molecule has 6 rings (SSSR count). The Morgan fingerprint density at radius 1 is 0.429 bits per heavy atom. The number of benzene rings is 1. The van der Waals surface area contributed by atoms with Crippen molar-refractivity contribution >= 4 is 59.9 Å². The molecule has 2 N–H and O–H groups in total. The van der Waals surface area contributed by atoms with Gasteiger partial charge < -0.3 is 9.97 Å². The zero-order chi connectivity index (χ0) is 23.7. The first-order valence-electron chi connectivity index (χ1n) is 11.5. The van der Waals surface area contributed by atoms with Crippen LogP contribution in [0.1, 0.15) is 45.0 Å². The summed E-state index contributed by atoms with van der Waals surface area (Å²) in [6.07, 6.45) is 8.09. The summed E-state index contributed by atoms with van der Waals surface area (Å²) in [7, 11) is 0. The highest BCUT2D eigenvalue weighted by Gasteiger charge is 2.01. The second kappa shape index (κ2) is 10.2. The van der Waals surface area contributed by atoms with Crippen LogP contribution in [0.3, 0.4) is 0 Å². The van der Waals surface area contributed by atoms with Crippen LogP contribution in [0.2, 0.25) is 0 Å². The van der Waals surface area contributed by atoms with E-state index in [2.05, 4.69) is 84.0 Å². The maximum absolute atomic E-state index is 4.63. The van der Waals surface area contributed by atoms with Gasteiger partial charge in [0.2, 0.25) is 0 Å². The van der Waals surface area contributed by atoms with Crippen LogP contribution in [-0.4, -0.2) is 19.9 Å². The van der Waals surface area contributed by atoms with E-state index >= 15 is 0 Å². The Morgan fingerprint density at radius 2 is 0.686 bits per heavy atom. The van der Waals surface area contributed by atoms with E-state index in [1.54, 1.807) is 0 Å². The first kappa shape index (κ1) is 24.3. The maximum atomic E-state index is 4.63. The van der Waals surface area contributed by atoms with E-state index in [-0.39, 0.29) is 13.5 Å². The van der Waals surface area contributed by atoms with Crippen molar-refractivity contribution < 1.29 is 0 Å². The van der Waals surface area contributed by atoms with Gasteiger partial charge in [-0.15, -0.1) is 0 Å². The fourth-order valence-electron chi connectivity index (χ4n) is 4.05. The third kappa shape index (κ3) is 5.81. The van der Waals surface area contributed by atoms with Gasteiger partial charge in [-0.2, -0.15) is 13.5 Å². The van der Waals surface area contributed by atoms with Crippen LogP contribution >= 0.6 is 13.5 Å². The summed E-state index contributed by atoms with van der Waals surface area (Å²) in [6, 6.07) is 20.8. The average molecular weight is 479 g/mol. The highest BCUT2D eigenvalue weighted by Crippen LogP contribution is 2.17. The molecule has 2 aliphatic heterocycles. The van der Waals surface area contributed by atoms with Crippen LogP contribution in [0.15, 0.2) is 60.7 Å². The van der Waals surface area contributed by atoms with Crippen LogP contribution in [0.25, 0.3) is 46.4 Å². The van der Waals surface area contributed by atoms with Gasteiger partial charge in [-0.25, -0.2) is 9.97 Å². The fraction of sp³-hybridized carbons (Fsp3) is 0.133. The predicted octanol–water partition coefficient (Wildman–Crippen LogP) is 7.69. The van der Waals surface area contributed by atoms with Crippen molar-refractivity contribution in [2.45, 2.75) is 27.7 Å². The zero-order valence-electron chi connectivity index (χ0n) is 20.5. The van der Waals surface area contributed by atoms with Crippen molar-refractivity contribution in [2.75, 3.05) is 0 Å². The van der Waals surface area contributed by atoms with Crippen LogP contribution < -0.4 is 0 Å². The summed E-state index contributed by atoms with van der Waals surface area (Å²) in [5.74, 6) is 0. The van der Waals surface area contributed by atoms with Crippen molar-refractivity contribution in [1.82, 2.24) is 19.9 Å². The molecular formula is C30H30N4S. The lowest BCUT2D eigenvalue weighted by atomic mass is 10.0. The molecule has 0 saturated carbocycles. The van der Waals surface area contributed by atoms with E-state index in [0.717, 1.165) is 44.8 Å². The van der Waals surface area contributed by atoms with Crippen molar-refractivity contribution in [3.05, 3.63) is 106 Å². The number of aromatic nitrogens is 4. The first-order valence-corrected chi connectivity index (χ1v) is 11.5. The highest BCUT2D eigenvalue weighted by atomic mass is 32.1. The van der Waals surface area contributed by atoms with Crippen molar-refractivity contribution in [2.24, 2.45) is 0 Å². The van der Waals surface area contributed by atoms with E-state index in [1.807, 2.05) is 48.6 Å². The molecule has 5 heterocycles. The maximum Gasteiger partial charge on any atom is 0.0658 e. The van der Waals surface area contributed by atoms with E-state index in [0.29, 0.717) is 0 Å². The number of aryl methyl sites for hydroxylation is 4. The van der Waals surface area contributed by atoms with Crippen LogP contribution in [0.5, 0.6) is 0 Å². The third-order valence-electron chi connectivity index (χ3n) is 6.15. The van der Waals surface area contributed by atoms with Gasteiger partial charge >= 0.3 is 0 Å². The molecule has 0 radical (unpaired) electrons. The van der Waals surface area contributed by atoms with E-state index in [9.17, 15) is 0 Å². The molecule has 0 unspecified atom stereocenters. The van der Waals surface area contributed by atoms with Crippen molar-refractivity contribution in [3.63, 3.8) is 0 Å². The second-order valence-electron chi connectivity index (χ2n) is 8.93. The van der Waals surface area contributed by atoms with Crippen molar-refractivity contribution in [1.29, 1.82) is 0 Å². The molecule has 4 aromatic rings. The third-order valence-corrected chi connectivity index (χ3v) is 6.15. The van der Waals surface area contributed by atoms with E-state index in [4.69, 9.17) is 0 Å². The van der Waals surface area contributed by atoms with Crippen molar-refractivity contribution in [3.8, 4) is 0 Å². The average Bonchev–Trinajstić information content (AvgIpc) is 3.59. The first-order chi connectivity index (χ1) is 16.4. The van der Waals surface area contributed by atoms with Crippen LogP contribution in [0.4, 0.5) is 0 Å². The normalized spacial score (nSPS) is 11.5. The van der Waals surface area contributed by atoms with Gasteiger partial charge in [0, 0.05) is 22.1 Å². The van der Waals surface area contributed by atoms with Gasteiger partial charge in [0.25, 0.3) is 0 Å². The van der Waals surface area contributed by atoms with Gasteiger partial charge in [-0.3, -0.25) is 0 Å². The molecule has 8 bridgehead atoms. The van der Waals surface area contributed by atoms with Gasteiger partial charge in [0.05, 0.1) is 22.8 Å². The highest BCUT2D eigenvalue weighted by molar-refractivity contribution is 7.59. The SMILES string of the molecule is C1=Cc2cc3ccc(cc4nc(cc5ccc(cc1n2)[nH]5)C=C4)[nH]3.Cc1cc(C)c(C)cc1C.S. The number of hydrogen-bond acceptors (Lipinski definition) is 2. The summed E-state index contributed by atoms with van der Waals surface area (Å²) in [6.45, 7) is 8.62. The number of H-pyrrole nitrogens is 2. The lowest BCUT2D eigenvalue weighted by Crippen LogP contribution is -1.86. The summed E-state index contributed by atoms with van der Waals surface area (Å²) >= 11 is 0. The Bertz CT molecular complexity index is 1380. The Balaban J connectivity index is 0.000000224. The molecule has 3 aromatic heterocycles. The summed E-state index contributed by atoms with van der Waals surface area (Å²) < 4.78 is 0. The Labute approximate surface area is 213 Å². The lowest BCUT2D eigenvalue weighted by Gasteiger charge is -2.04. The minimum absolute atomic E-state index is 0. The molecule has 0 saturated heterocycles. The summed E-state index contributed by atoms with van der Waals surface area (Å²) in [5.41, 5.74) is 13.4. The minimum atomic E-state index is 0. The van der Waals surface area contributed by atoms with Gasteiger partial charge in [-0.05, 0) is 123 Å². The molecule has 4 nitrogen and oxygen atoms in total. The molecule has 1 aromatic carbocycles. The fourth-order valence-corrected chi connectivity index (χ4v) is 4.05. The number of nitrogens with one attached hydrogen (secondary N) is 2. The molecule has 176 valence electrons. The number of fused-ring (bicyclic) bond motifs is 8. The smallest absolute Gasteiger partial charge is 0.0658 e. The van der Waals surface area contributed by atoms with E-state index < -0.39 is 0 Å². The predicted molar refractivity (Wildman–Crippen MR) is 155 cm³/mol. The number of nitrogens with zero attached hydrogens (tertiary/aromatic N) is 2. The standard InChI is InChI=1S/C20H14N4.C10H14.H2S/c1-2-14-10-16-5-6-18(23-16)12-20-8-7-19(24-20)11-17-4-3-15(22-17)9-13(1)21-14;1-7-5-9(3)10(4)6-8(7)2;/h1-12,21,24H;5-6H,1-4H3;1H2. The monoisotopic (exact) mass is 478 g/mol. The molecule has 0 amide bonds. The summed E-state index contributed by atoms with van der Waals surface area (Å²) in [4.78, 5) is 16.0. The summed E-state index contributed by atoms with van der Waals surface area (Å²) in [5, 5.41) is 0. The Kier molecular flexibility index (Phi) is 7.08. The molecule has 5 heteroatoms. The van der Waals surface area contributed by atoms with E-state index in [1.165, 1.54) is 22.3 Å². The number of aromatic amines is 2. The minimum Gasteiger partial charge on any atom is -0.355 e. The molecule has 0 fully saturated rings. The number of rotatable bonds is 0.